The Labute approximate surface area is 118 Å². The van der Waals surface area contributed by atoms with Crippen LogP contribution in [0.3, 0.4) is 0 Å². The second-order valence-corrected chi connectivity index (χ2v) is 6.84. The molecule has 3 nitrogen and oxygen atoms in total. The Kier molecular flexibility index (Phi) is 5.90. The molecule has 1 unspecified atom stereocenters. The highest BCUT2D eigenvalue weighted by Crippen LogP contribution is 2.45. The van der Waals surface area contributed by atoms with E-state index in [0.717, 1.165) is 6.66 Å². The topological polar surface area (TPSA) is 35.5 Å². The maximum atomic E-state index is 13.4. The summed E-state index contributed by atoms with van der Waals surface area (Å²) in [5.74, 6) is -10.4. The van der Waals surface area contributed by atoms with Gasteiger partial charge in [-0.15, -0.1) is 0 Å². The van der Waals surface area contributed by atoms with Crippen molar-refractivity contribution in [3.8, 4) is 0 Å². The van der Waals surface area contributed by atoms with E-state index in [4.69, 9.17) is 4.52 Å². The molecule has 9 heteroatoms. The maximum absolute atomic E-state index is 13.4. The Morgan fingerprint density at radius 3 is 1.76 bits per heavy atom. The Morgan fingerprint density at radius 1 is 0.905 bits per heavy atom. The van der Waals surface area contributed by atoms with Crippen molar-refractivity contribution in [3.63, 3.8) is 0 Å². The third kappa shape index (κ3) is 4.49. The lowest BCUT2D eigenvalue weighted by Gasteiger charge is -2.16. The van der Waals surface area contributed by atoms with Crippen LogP contribution in [0.15, 0.2) is 0 Å². The molecule has 1 aromatic carbocycles. The summed E-state index contributed by atoms with van der Waals surface area (Å²) in [5, 5.41) is 0. The van der Waals surface area contributed by atoms with Crippen LogP contribution in [0.25, 0.3) is 0 Å². The van der Waals surface area contributed by atoms with Crippen molar-refractivity contribution in [1.29, 1.82) is 0 Å². The Bertz CT molecular complexity index is 547. The molecule has 0 aliphatic heterocycles. The van der Waals surface area contributed by atoms with Gasteiger partial charge >= 0.3 is 7.60 Å². The lowest BCUT2D eigenvalue weighted by atomic mass is 10.2. The Morgan fingerprint density at radius 2 is 1.33 bits per heavy atom. The van der Waals surface area contributed by atoms with E-state index in [2.05, 4.69) is 4.52 Å². The van der Waals surface area contributed by atoms with E-state index in [-0.39, 0.29) is 12.5 Å². The number of benzene rings is 1. The molecule has 0 saturated heterocycles. The second kappa shape index (κ2) is 6.85. The third-order valence-corrected chi connectivity index (χ3v) is 3.60. The molecular formula is C12H14F5O3P. The summed E-state index contributed by atoms with van der Waals surface area (Å²) in [6.07, 6.45) is 0. The average Bonchev–Trinajstić information content (AvgIpc) is 2.41. The summed E-state index contributed by atoms with van der Waals surface area (Å²) in [7, 11) is -3.67. The van der Waals surface area contributed by atoms with Crippen molar-refractivity contribution in [2.45, 2.75) is 20.5 Å². The van der Waals surface area contributed by atoms with Gasteiger partial charge in [0.2, 0.25) is 5.82 Å². The fraction of sp³-hybridized carbons (Fsp3) is 0.500. The number of hydrogen-bond donors (Lipinski definition) is 0. The van der Waals surface area contributed by atoms with Crippen LogP contribution < -0.4 is 0 Å². The molecule has 1 atom stereocenters. The first-order valence-corrected chi connectivity index (χ1v) is 7.92. The molecule has 0 N–H and O–H groups in total. The molecule has 21 heavy (non-hydrogen) atoms. The molecule has 0 heterocycles. The zero-order valence-electron chi connectivity index (χ0n) is 11.6. The molecule has 0 aromatic heterocycles. The summed E-state index contributed by atoms with van der Waals surface area (Å²) < 4.78 is 86.9. The van der Waals surface area contributed by atoms with E-state index < -0.39 is 48.9 Å². The van der Waals surface area contributed by atoms with Gasteiger partial charge in [0.1, 0.15) is 0 Å². The fourth-order valence-electron chi connectivity index (χ4n) is 1.28. The summed E-state index contributed by atoms with van der Waals surface area (Å²) >= 11 is 0. The van der Waals surface area contributed by atoms with Crippen molar-refractivity contribution in [3.05, 3.63) is 34.6 Å². The maximum Gasteiger partial charge on any atom is 0.327 e. The molecule has 120 valence electrons. The zero-order chi connectivity index (χ0) is 16.4. The van der Waals surface area contributed by atoms with Crippen LogP contribution in [-0.4, -0.2) is 13.3 Å². The van der Waals surface area contributed by atoms with Crippen molar-refractivity contribution in [1.82, 2.24) is 0 Å². The predicted molar refractivity (Wildman–Crippen MR) is 65.3 cm³/mol. The second-order valence-electron chi connectivity index (χ2n) is 4.78. The first-order chi connectivity index (χ1) is 9.57. The lowest BCUT2D eigenvalue weighted by Crippen LogP contribution is -2.09. The van der Waals surface area contributed by atoms with E-state index in [0.29, 0.717) is 0 Å². The van der Waals surface area contributed by atoms with Crippen molar-refractivity contribution < 1.29 is 35.6 Å². The molecule has 0 bridgehead atoms. The van der Waals surface area contributed by atoms with Crippen LogP contribution in [0.5, 0.6) is 0 Å². The monoisotopic (exact) mass is 332 g/mol. The first kappa shape index (κ1) is 18.1. The smallest absolute Gasteiger partial charge is 0.308 e. The van der Waals surface area contributed by atoms with Crippen LogP contribution in [0, 0.1) is 35.0 Å². The molecule has 1 rings (SSSR count). The van der Waals surface area contributed by atoms with Gasteiger partial charge in [-0.3, -0.25) is 4.57 Å². The van der Waals surface area contributed by atoms with Gasteiger partial charge in [-0.1, -0.05) is 13.8 Å². The molecule has 1 aromatic rings. The predicted octanol–water partition coefficient (Wildman–Crippen LogP) is 4.39. The Hall–Kier alpha value is -0.980. The largest absolute Gasteiger partial charge is 0.327 e. The zero-order valence-corrected chi connectivity index (χ0v) is 12.4. The van der Waals surface area contributed by atoms with Gasteiger partial charge < -0.3 is 9.05 Å². The van der Waals surface area contributed by atoms with Crippen LogP contribution in [-0.2, 0) is 20.2 Å². The number of rotatable bonds is 6. The van der Waals surface area contributed by atoms with E-state index in [1.165, 1.54) is 0 Å². The quantitative estimate of drug-likeness (QED) is 0.335. The summed E-state index contributed by atoms with van der Waals surface area (Å²) in [5.41, 5.74) is -1.19. The van der Waals surface area contributed by atoms with Gasteiger partial charge in [0.25, 0.3) is 0 Å². The van der Waals surface area contributed by atoms with Gasteiger partial charge in [-0.05, 0) is 5.92 Å². The molecule has 0 saturated carbocycles. The normalized spacial score (nSPS) is 14.5. The summed E-state index contributed by atoms with van der Waals surface area (Å²) in [6.45, 7) is 3.58. The number of halogens is 5. The fourth-order valence-corrected chi connectivity index (χ4v) is 2.29. The first-order valence-electron chi connectivity index (χ1n) is 5.93. The lowest BCUT2D eigenvalue weighted by molar-refractivity contribution is 0.181. The van der Waals surface area contributed by atoms with E-state index in [9.17, 15) is 26.5 Å². The van der Waals surface area contributed by atoms with Gasteiger partial charge in [0, 0.05) is 6.66 Å². The van der Waals surface area contributed by atoms with E-state index in [1.54, 1.807) is 13.8 Å². The molecular weight excluding hydrogens is 318 g/mol. The number of hydrogen-bond acceptors (Lipinski definition) is 3. The van der Waals surface area contributed by atoms with Crippen LogP contribution in [0.2, 0.25) is 0 Å². The highest BCUT2D eigenvalue weighted by molar-refractivity contribution is 7.52. The third-order valence-electron chi connectivity index (χ3n) is 2.39. The van der Waals surface area contributed by atoms with Crippen molar-refractivity contribution >= 4 is 7.60 Å². The molecule has 0 aliphatic carbocycles. The summed E-state index contributed by atoms with van der Waals surface area (Å²) in [6, 6.07) is 0. The SMILES string of the molecule is CC(C)COP(C)(=O)OCc1c(F)c(F)c(F)c(F)c1F. The van der Waals surface area contributed by atoms with Gasteiger partial charge in [-0.2, -0.15) is 0 Å². The molecule has 0 aliphatic rings. The van der Waals surface area contributed by atoms with Crippen LogP contribution in [0.1, 0.15) is 19.4 Å². The molecule has 0 radical (unpaired) electrons. The highest BCUT2D eigenvalue weighted by atomic mass is 31.2. The average molecular weight is 332 g/mol. The van der Waals surface area contributed by atoms with E-state index >= 15 is 0 Å². The Balaban J connectivity index is 2.92. The van der Waals surface area contributed by atoms with Gasteiger partial charge in [-0.25, -0.2) is 22.0 Å². The van der Waals surface area contributed by atoms with Crippen LogP contribution >= 0.6 is 7.60 Å². The molecule has 0 amide bonds. The minimum absolute atomic E-state index is 0.0241. The van der Waals surface area contributed by atoms with E-state index in [1.807, 2.05) is 0 Å². The molecule has 0 fully saturated rings. The highest BCUT2D eigenvalue weighted by Gasteiger charge is 2.27. The van der Waals surface area contributed by atoms with Crippen molar-refractivity contribution in [2.75, 3.05) is 13.3 Å². The standard InChI is InChI=1S/C12H14F5O3P/c1-6(2)4-19-21(3,18)20-5-7-8(13)10(15)12(17)11(16)9(7)14/h6H,4-5H2,1-3H3. The minimum atomic E-state index is -3.67. The summed E-state index contributed by atoms with van der Waals surface area (Å²) in [4.78, 5) is 0. The van der Waals surface area contributed by atoms with Crippen LogP contribution in [0.4, 0.5) is 22.0 Å². The van der Waals surface area contributed by atoms with Crippen molar-refractivity contribution in [2.24, 2.45) is 5.92 Å². The minimum Gasteiger partial charge on any atom is -0.308 e. The molecule has 0 spiro atoms. The van der Waals surface area contributed by atoms with Gasteiger partial charge in [0.05, 0.1) is 18.8 Å². The van der Waals surface area contributed by atoms with Gasteiger partial charge in [0.15, 0.2) is 23.3 Å².